The minimum atomic E-state index is -1.15. The van der Waals surface area contributed by atoms with Gasteiger partial charge in [0.2, 0.25) is 5.91 Å². The zero-order chi connectivity index (χ0) is 20.8. The maximum Gasteiger partial charge on any atom is 0.326 e. The molecule has 0 saturated carbocycles. The highest BCUT2D eigenvalue weighted by molar-refractivity contribution is 6.30. The van der Waals surface area contributed by atoms with E-state index in [0.29, 0.717) is 10.7 Å². The smallest absolute Gasteiger partial charge is 0.326 e. The second kappa shape index (κ2) is 9.16. The minimum Gasteiger partial charge on any atom is -0.480 e. The maximum absolute atomic E-state index is 12.4. The van der Waals surface area contributed by atoms with Crippen LogP contribution >= 0.6 is 11.6 Å². The second-order valence-corrected chi connectivity index (χ2v) is 6.83. The predicted molar refractivity (Wildman–Crippen MR) is 109 cm³/mol. The summed E-state index contributed by atoms with van der Waals surface area (Å²) in [5.74, 6) is -1.73. The molecule has 148 valence electrons. The average molecular weight is 412 g/mol. The van der Waals surface area contributed by atoms with Crippen LogP contribution in [0.15, 0.2) is 71.8 Å². The fourth-order valence-corrected chi connectivity index (χ4v) is 2.91. The van der Waals surface area contributed by atoms with E-state index in [4.69, 9.17) is 11.6 Å². The first-order valence-electron chi connectivity index (χ1n) is 8.81. The van der Waals surface area contributed by atoms with Crippen LogP contribution in [0.1, 0.15) is 5.56 Å². The zero-order valence-electron chi connectivity index (χ0n) is 15.3. The van der Waals surface area contributed by atoms with Gasteiger partial charge in [-0.05, 0) is 17.7 Å². The summed E-state index contributed by atoms with van der Waals surface area (Å²) < 4.78 is 1.19. The van der Waals surface area contributed by atoms with Crippen LogP contribution in [0.5, 0.6) is 0 Å². The molecule has 8 heteroatoms. The van der Waals surface area contributed by atoms with Crippen LogP contribution in [-0.4, -0.2) is 32.6 Å². The van der Waals surface area contributed by atoms with Gasteiger partial charge in [0.15, 0.2) is 0 Å². The van der Waals surface area contributed by atoms with Crippen molar-refractivity contribution in [2.45, 2.75) is 19.0 Å². The van der Waals surface area contributed by atoms with Gasteiger partial charge in [-0.15, -0.1) is 0 Å². The number of hydrogen-bond donors (Lipinski definition) is 2. The Morgan fingerprint density at radius 3 is 2.45 bits per heavy atom. The summed E-state index contributed by atoms with van der Waals surface area (Å²) in [5.41, 5.74) is 1.54. The van der Waals surface area contributed by atoms with Crippen molar-refractivity contribution in [1.82, 2.24) is 14.9 Å². The van der Waals surface area contributed by atoms with Crippen LogP contribution < -0.4 is 10.9 Å². The van der Waals surface area contributed by atoms with Crippen LogP contribution in [-0.2, 0) is 22.6 Å². The largest absolute Gasteiger partial charge is 0.480 e. The van der Waals surface area contributed by atoms with Crippen LogP contribution in [0.4, 0.5) is 0 Å². The van der Waals surface area contributed by atoms with Crippen LogP contribution in [0.25, 0.3) is 11.3 Å². The summed E-state index contributed by atoms with van der Waals surface area (Å²) in [5, 5.41) is 12.5. The number of nitrogens with one attached hydrogen (secondary N) is 1. The van der Waals surface area contributed by atoms with Gasteiger partial charge in [0, 0.05) is 23.2 Å². The Kier molecular flexibility index (Phi) is 6.41. The average Bonchev–Trinajstić information content (AvgIpc) is 2.70. The topological polar surface area (TPSA) is 101 Å². The minimum absolute atomic E-state index is 0.142. The number of carboxylic acid groups (broad SMARTS) is 1. The highest BCUT2D eigenvalue weighted by Gasteiger charge is 2.20. The van der Waals surface area contributed by atoms with Crippen LogP contribution in [0.2, 0.25) is 5.02 Å². The number of carbonyl (C=O) groups excluding carboxylic acids is 1. The first-order valence-corrected chi connectivity index (χ1v) is 9.18. The number of amides is 1. The molecule has 3 rings (SSSR count). The molecular weight excluding hydrogens is 394 g/mol. The van der Waals surface area contributed by atoms with Crippen molar-refractivity contribution in [1.29, 1.82) is 0 Å². The van der Waals surface area contributed by atoms with Crippen LogP contribution in [0, 0.1) is 0 Å². The molecule has 29 heavy (non-hydrogen) atoms. The third-order valence-electron chi connectivity index (χ3n) is 4.25. The molecule has 1 aromatic heterocycles. The standard InChI is InChI=1S/C21H18ClN3O4/c22-16-8-6-15(7-9-16)18-12-25(20(27)11-23-18)13-19(26)24-17(21(28)29)10-14-4-2-1-3-5-14/h1-9,11-12,17H,10,13H2,(H,24,26)(H,28,29)/t17-/m1/s1. The normalized spacial score (nSPS) is 11.6. The Morgan fingerprint density at radius 1 is 1.10 bits per heavy atom. The molecular formula is C21H18ClN3O4. The Labute approximate surface area is 171 Å². The van der Waals surface area contributed by atoms with E-state index in [1.807, 2.05) is 6.07 Å². The predicted octanol–water partition coefficient (Wildman–Crippen LogP) is 2.38. The van der Waals surface area contributed by atoms with Crippen molar-refractivity contribution in [3.8, 4) is 11.3 Å². The van der Waals surface area contributed by atoms with Crippen molar-refractivity contribution >= 4 is 23.5 Å². The van der Waals surface area contributed by atoms with E-state index in [2.05, 4.69) is 10.3 Å². The molecule has 0 bridgehead atoms. The number of halogens is 1. The van der Waals surface area contributed by atoms with Crippen molar-refractivity contribution in [2.24, 2.45) is 0 Å². The van der Waals surface area contributed by atoms with E-state index in [9.17, 15) is 19.5 Å². The number of carboxylic acids is 1. The summed E-state index contributed by atoms with van der Waals surface area (Å²) in [4.78, 5) is 40.1. The molecule has 0 radical (unpaired) electrons. The van der Waals surface area contributed by atoms with Gasteiger partial charge in [0.05, 0.1) is 11.9 Å². The van der Waals surface area contributed by atoms with Crippen molar-refractivity contribution in [3.05, 3.63) is 87.9 Å². The summed E-state index contributed by atoms with van der Waals surface area (Å²) in [7, 11) is 0. The van der Waals surface area contributed by atoms with E-state index in [1.54, 1.807) is 48.5 Å². The fourth-order valence-electron chi connectivity index (χ4n) is 2.78. The maximum atomic E-state index is 12.4. The van der Waals surface area contributed by atoms with Crippen molar-refractivity contribution < 1.29 is 14.7 Å². The Balaban J connectivity index is 1.73. The van der Waals surface area contributed by atoms with Gasteiger partial charge in [-0.1, -0.05) is 54.1 Å². The first kappa shape index (κ1) is 20.3. The number of carbonyl (C=O) groups is 2. The second-order valence-electron chi connectivity index (χ2n) is 6.39. The third kappa shape index (κ3) is 5.52. The molecule has 0 spiro atoms. The lowest BCUT2D eigenvalue weighted by Crippen LogP contribution is -2.44. The molecule has 2 N–H and O–H groups in total. The van der Waals surface area contributed by atoms with Gasteiger partial charge in [0.1, 0.15) is 12.6 Å². The van der Waals surface area contributed by atoms with E-state index >= 15 is 0 Å². The molecule has 2 aromatic carbocycles. The molecule has 0 unspecified atom stereocenters. The van der Waals surface area contributed by atoms with Gasteiger partial charge >= 0.3 is 5.97 Å². The fraction of sp³-hybridized carbons (Fsp3) is 0.143. The van der Waals surface area contributed by atoms with Gasteiger partial charge in [0.25, 0.3) is 5.56 Å². The highest BCUT2D eigenvalue weighted by atomic mass is 35.5. The molecule has 1 heterocycles. The Bertz CT molecular complexity index is 1070. The van der Waals surface area contributed by atoms with Crippen LogP contribution in [0.3, 0.4) is 0 Å². The van der Waals surface area contributed by atoms with Gasteiger partial charge in [-0.2, -0.15) is 0 Å². The summed E-state index contributed by atoms with van der Waals surface area (Å²) in [6, 6.07) is 14.8. The number of benzene rings is 2. The molecule has 3 aromatic rings. The van der Waals surface area contributed by atoms with Gasteiger partial charge < -0.3 is 15.0 Å². The lowest BCUT2D eigenvalue weighted by Gasteiger charge is -2.15. The Hall–Kier alpha value is -3.45. The summed E-state index contributed by atoms with van der Waals surface area (Å²) >= 11 is 5.88. The first-order chi connectivity index (χ1) is 13.9. The zero-order valence-corrected chi connectivity index (χ0v) is 16.0. The lowest BCUT2D eigenvalue weighted by atomic mass is 10.1. The van der Waals surface area contributed by atoms with Crippen molar-refractivity contribution in [3.63, 3.8) is 0 Å². The highest BCUT2D eigenvalue weighted by Crippen LogP contribution is 2.18. The van der Waals surface area contributed by atoms with Gasteiger partial charge in [-0.3, -0.25) is 9.59 Å². The molecule has 0 aliphatic carbocycles. The number of hydrogen-bond acceptors (Lipinski definition) is 4. The molecule has 7 nitrogen and oxygen atoms in total. The molecule has 0 aliphatic heterocycles. The molecule has 0 aliphatic rings. The SMILES string of the molecule is O=C(Cn1cc(-c2ccc(Cl)cc2)ncc1=O)N[C@H](Cc1ccccc1)C(=O)O. The molecule has 1 atom stereocenters. The van der Waals surface area contributed by atoms with E-state index in [0.717, 1.165) is 17.3 Å². The van der Waals surface area contributed by atoms with Gasteiger partial charge in [-0.25, -0.2) is 9.78 Å². The number of aliphatic carboxylic acids is 1. The molecule has 0 saturated heterocycles. The quantitative estimate of drug-likeness (QED) is 0.621. The number of aromatic nitrogens is 2. The Morgan fingerprint density at radius 2 is 1.79 bits per heavy atom. The number of rotatable bonds is 7. The van der Waals surface area contributed by atoms with Crippen molar-refractivity contribution in [2.75, 3.05) is 0 Å². The monoisotopic (exact) mass is 411 g/mol. The summed E-state index contributed by atoms with van der Waals surface area (Å²) in [6.07, 6.45) is 2.72. The molecule has 1 amide bonds. The van der Waals surface area contributed by atoms with E-state index in [-0.39, 0.29) is 13.0 Å². The number of nitrogens with zero attached hydrogens (tertiary/aromatic N) is 2. The van der Waals surface area contributed by atoms with E-state index < -0.39 is 23.5 Å². The molecule has 0 fully saturated rings. The third-order valence-corrected chi connectivity index (χ3v) is 4.50. The lowest BCUT2D eigenvalue weighted by molar-refractivity contribution is -0.141. The van der Waals surface area contributed by atoms with E-state index in [1.165, 1.54) is 10.8 Å². The summed E-state index contributed by atoms with van der Waals surface area (Å²) in [6.45, 7) is -0.319.